The summed E-state index contributed by atoms with van der Waals surface area (Å²) in [5, 5.41) is 10.6. The molecule has 1 aliphatic rings. The monoisotopic (exact) mass is 342 g/mol. The summed E-state index contributed by atoms with van der Waals surface area (Å²) in [6.45, 7) is 0.267. The molecule has 134 valence electrons. The number of aryl methyl sites for hydroxylation is 1. The lowest BCUT2D eigenvalue weighted by Crippen LogP contribution is -2.40. The van der Waals surface area contributed by atoms with Crippen LogP contribution < -0.4 is 15.4 Å². The highest BCUT2D eigenvalue weighted by Gasteiger charge is 2.28. The Balaban J connectivity index is 1.49. The number of nitrogens with zero attached hydrogens (tertiary/aromatic N) is 2. The summed E-state index contributed by atoms with van der Waals surface area (Å²) in [7, 11) is 3.57. The third-order valence-electron chi connectivity index (χ3n) is 4.78. The van der Waals surface area contributed by atoms with E-state index in [2.05, 4.69) is 21.9 Å². The molecule has 1 fully saturated rings. The number of anilines is 1. The molecule has 2 aromatic rings. The fraction of sp³-hybridized carbons (Fsp3) is 0.474. The van der Waals surface area contributed by atoms with E-state index in [4.69, 9.17) is 4.74 Å². The van der Waals surface area contributed by atoms with Crippen LogP contribution in [-0.2, 0) is 18.3 Å². The number of ether oxygens (including phenoxy) is 1. The number of amides is 1. The molecule has 0 spiro atoms. The van der Waals surface area contributed by atoms with Crippen molar-refractivity contribution in [3.63, 3.8) is 0 Å². The number of carbonyl (C=O) groups is 1. The van der Waals surface area contributed by atoms with Crippen molar-refractivity contribution in [2.75, 3.05) is 19.0 Å². The molecule has 2 N–H and O–H groups in total. The predicted molar refractivity (Wildman–Crippen MR) is 97.7 cm³/mol. The molecule has 0 aliphatic heterocycles. The second kappa shape index (κ2) is 8.05. The Hall–Kier alpha value is -2.50. The van der Waals surface area contributed by atoms with Crippen molar-refractivity contribution in [2.45, 2.75) is 31.7 Å². The molecule has 2 unspecified atom stereocenters. The molecule has 0 radical (unpaired) electrons. The number of aromatic nitrogens is 2. The van der Waals surface area contributed by atoms with Crippen molar-refractivity contribution in [2.24, 2.45) is 13.0 Å². The van der Waals surface area contributed by atoms with Crippen molar-refractivity contribution < 1.29 is 9.53 Å². The molecule has 1 aromatic carbocycles. The Morgan fingerprint density at radius 2 is 2.28 bits per heavy atom. The lowest BCUT2D eigenvalue weighted by atomic mass is 9.96. The maximum Gasteiger partial charge on any atom is 0.239 e. The highest BCUT2D eigenvalue weighted by molar-refractivity contribution is 5.81. The average Bonchev–Trinajstić information content (AvgIpc) is 3.22. The van der Waals surface area contributed by atoms with Gasteiger partial charge in [0.05, 0.1) is 19.9 Å². The summed E-state index contributed by atoms with van der Waals surface area (Å²) in [4.78, 5) is 12.3. The largest absolute Gasteiger partial charge is 0.497 e. The van der Waals surface area contributed by atoms with Gasteiger partial charge in [0.1, 0.15) is 5.75 Å². The summed E-state index contributed by atoms with van der Waals surface area (Å²) < 4.78 is 7.02. The lowest BCUT2D eigenvalue weighted by Gasteiger charge is -2.21. The third-order valence-corrected chi connectivity index (χ3v) is 4.78. The Morgan fingerprint density at radius 3 is 3.04 bits per heavy atom. The van der Waals surface area contributed by atoms with E-state index in [0.717, 1.165) is 30.7 Å². The first-order valence-corrected chi connectivity index (χ1v) is 8.79. The second-order valence-corrected chi connectivity index (χ2v) is 6.68. The second-order valence-electron chi connectivity index (χ2n) is 6.68. The Labute approximate surface area is 148 Å². The molecule has 0 saturated heterocycles. The van der Waals surface area contributed by atoms with Gasteiger partial charge >= 0.3 is 0 Å². The van der Waals surface area contributed by atoms with Crippen LogP contribution in [0, 0.1) is 5.92 Å². The maximum atomic E-state index is 12.3. The first-order valence-electron chi connectivity index (χ1n) is 8.79. The van der Waals surface area contributed by atoms with Crippen molar-refractivity contribution in [1.29, 1.82) is 0 Å². The fourth-order valence-electron chi connectivity index (χ4n) is 3.52. The van der Waals surface area contributed by atoms with Crippen molar-refractivity contribution in [3.05, 3.63) is 42.2 Å². The minimum Gasteiger partial charge on any atom is -0.497 e. The van der Waals surface area contributed by atoms with Gasteiger partial charge < -0.3 is 15.4 Å². The molecule has 1 aliphatic carbocycles. The molecule has 6 nitrogen and oxygen atoms in total. The van der Waals surface area contributed by atoms with Crippen molar-refractivity contribution in [1.82, 2.24) is 15.1 Å². The highest BCUT2D eigenvalue weighted by atomic mass is 16.5. The van der Waals surface area contributed by atoms with Gasteiger partial charge in [-0.1, -0.05) is 12.5 Å². The first-order chi connectivity index (χ1) is 12.1. The zero-order chi connectivity index (χ0) is 17.6. The molecule has 1 saturated carbocycles. The van der Waals surface area contributed by atoms with Crippen LogP contribution in [0.4, 0.5) is 5.69 Å². The maximum absolute atomic E-state index is 12.3. The summed E-state index contributed by atoms with van der Waals surface area (Å²) in [5.74, 6) is 1.30. The number of rotatable bonds is 7. The van der Waals surface area contributed by atoms with E-state index in [1.807, 2.05) is 42.2 Å². The van der Waals surface area contributed by atoms with Gasteiger partial charge in [-0.05, 0) is 42.9 Å². The number of carbonyl (C=O) groups excluding carboxylic acids is 1. The van der Waals surface area contributed by atoms with E-state index in [1.165, 1.54) is 12.0 Å². The van der Waals surface area contributed by atoms with Gasteiger partial charge in [-0.3, -0.25) is 9.48 Å². The molecule has 3 rings (SSSR count). The smallest absolute Gasteiger partial charge is 0.239 e. The summed E-state index contributed by atoms with van der Waals surface area (Å²) in [6, 6.07) is 7.84. The number of hydrogen-bond donors (Lipinski definition) is 2. The van der Waals surface area contributed by atoms with Crippen LogP contribution in [0.1, 0.15) is 24.8 Å². The van der Waals surface area contributed by atoms with Gasteiger partial charge in [0, 0.05) is 31.0 Å². The van der Waals surface area contributed by atoms with Gasteiger partial charge in [-0.2, -0.15) is 5.10 Å². The fourth-order valence-corrected chi connectivity index (χ4v) is 3.52. The molecule has 25 heavy (non-hydrogen) atoms. The zero-order valence-corrected chi connectivity index (χ0v) is 14.9. The Bertz CT molecular complexity index is 713. The van der Waals surface area contributed by atoms with E-state index in [0.29, 0.717) is 5.92 Å². The predicted octanol–water partition coefficient (Wildman–Crippen LogP) is 2.37. The number of benzene rings is 1. The van der Waals surface area contributed by atoms with E-state index in [9.17, 15) is 4.79 Å². The quantitative estimate of drug-likeness (QED) is 0.811. The molecule has 2 atom stereocenters. The Morgan fingerprint density at radius 1 is 1.40 bits per heavy atom. The SMILES string of the molecule is COc1cccc(NCC(=O)NC2CCCC2Cc2cnn(C)c2)c1. The Kier molecular flexibility index (Phi) is 5.58. The van der Waals surface area contributed by atoms with E-state index < -0.39 is 0 Å². The van der Waals surface area contributed by atoms with Crippen LogP contribution in [0.2, 0.25) is 0 Å². The summed E-state index contributed by atoms with van der Waals surface area (Å²) >= 11 is 0. The van der Waals surface area contributed by atoms with Crippen LogP contribution in [0.5, 0.6) is 5.75 Å². The lowest BCUT2D eigenvalue weighted by molar-refractivity contribution is -0.120. The van der Waals surface area contributed by atoms with Crippen LogP contribution >= 0.6 is 0 Å². The third kappa shape index (κ3) is 4.75. The van der Waals surface area contributed by atoms with E-state index >= 15 is 0 Å². The molecule has 1 amide bonds. The van der Waals surface area contributed by atoms with Gasteiger partial charge in [-0.25, -0.2) is 0 Å². The van der Waals surface area contributed by atoms with Gasteiger partial charge in [0.2, 0.25) is 5.91 Å². The number of nitrogens with one attached hydrogen (secondary N) is 2. The van der Waals surface area contributed by atoms with Crippen LogP contribution in [0.15, 0.2) is 36.7 Å². The molecule has 1 heterocycles. The normalized spacial score (nSPS) is 19.6. The summed E-state index contributed by atoms with van der Waals surface area (Å²) in [5.41, 5.74) is 2.12. The molecule has 0 bridgehead atoms. The number of hydrogen-bond acceptors (Lipinski definition) is 4. The molecule has 1 aromatic heterocycles. The van der Waals surface area contributed by atoms with Gasteiger partial charge in [0.25, 0.3) is 0 Å². The van der Waals surface area contributed by atoms with Crippen molar-refractivity contribution in [3.8, 4) is 5.75 Å². The van der Waals surface area contributed by atoms with E-state index in [1.54, 1.807) is 7.11 Å². The topological polar surface area (TPSA) is 68.2 Å². The van der Waals surface area contributed by atoms with Crippen LogP contribution in [-0.4, -0.2) is 35.4 Å². The first kappa shape index (κ1) is 17.3. The van der Waals surface area contributed by atoms with Crippen LogP contribution in [0.3, 0.4) is 0 Å². The van der Waals surface area contributed by atoms with Gasteiger partial charge in [0.15, 0.2) is 0 Å². The minimum atomic E-state index is 0.0332. The highest BCUT2D eigenvalue weighted by Crippen LogP contribution is 2.28. The number of methoxy groups -OCH3 is 1. The van der Waals surface area contributed by atoms with Gasteiger partial charge in [-0.15, -0.1) is 0 Å². The van der Waals surface area contributed by atoms with E-state index in [-0.39, 0.29) is 18.5 Å². The average molecular weight is 342 g/mol. The zero-order valence-electron chi connectivity index (χ0n) is 14.9. The van der Waals surface area contributed by atoms with Crippen molar-refractivity contribution >= 4 is 11.6 Å². The standard InChI is InChI=1S/C19H26N4O2/c1-23-13-14(11-21-23)9-15-5-3-8-18(15)22-19(24)12-20-16-6-4-7-17(10-16)25-2/h4,6-7,10-11,13,15,18,20H,3,5,8-9,12H2,1-2H3,(H,22,24). The molecular weight excluding hydrogens is 316 g/mol. The summed E-state index contributed by atoms with van der Waals surface area (Å²) in [6.07, 6.45) is 8.32. The van der Waals surface area contributed by atoms with Crippen LogP contribution in [0.25, 0.3) is 0 Å². The molecule has 6 heteroatoms. The molecular formula is C19H26N4O2. The minimum absolute atomic E-state index is 0.0332.